The third kappa shape index (κ3) is 4.55. The number of aryl methyl sites for hydroxylation is 1. The molecule has 0 unspecified atom stereocenters. The van der Waals surface area contributed by atoms with Crippen LogP contribution >= 0.6 is 11.3 Å². The Bertz CT molecular complexity index is 492. The van der Waals surface area contributed by atoms with Gasteiger partial charge in [0.1, 0.15) is 0 Å². The summed E-state index contributed by atoms with van der Waals surface area (Å²) in [6.45, 7) is 0.660. The number of carboxylic acid groups (broad SMARTS) is 1. The van der Waals surface area contributed by atoms with Crippen molar-refractivity contribution in [2.24, 2.45) is 0 Å². The molecule has 0 bridgehead atoms. The Labute approximate surface area is 134 Å². The zero-order valence-electron chi connectivity index (χ0n) is 12.7. The average molecular weight is 325 g/mol. The number of carbonyl (C=O) groups is 2. The van der Waals surface area contributed by atoms with Crippen molar-refractivity contribution in [1.82, 2.24) is 4.90 Å². The molecule has 1 aliphatic heterocycles. The molecule has 0 aliphatic carbocycles. The lowest BCUT2D eigenvalue weighted by Crippen LogP contribution is -2.50. The minimum Gasteiger partial charge on any atom is -0.479 e. The van der Waals surface area contributed by atoms with E-state index in [4.69, 9.17) is 5.11 Å². The molecule has 22 heavy (non-hydrogen) atoms. The summed E-state index contributed by atoms with van der Waals surface area (Å²) in [4.78, 5) is 26.1. The Kier molecular flexibility index (Phi) is 5.97. The molecule has 1 fully saturated rings. The molecule has 2 N–H and O–H groups in total. The van der Waals surface area contributed by atoms with Crippen LogP contribution in [0.4, 0.5) is 0 Å². The van der Waals surface area contributed by atoms with Crippen LogP contribution in [0.2, 0.25) is 0 Å². The van der Waals surface area contributed by atoms with E-state index >= 15 is 0 Å². The molecule has 0 radical (unpaired) electrons. The van der Waals surface area contributed by atoms with Crippen molar-refractivity contribution in [2.75, 3.05) is 13.1 Å². The van der Waals surface area contributed by atoms with Crippen LogP contribution in [0.5, 0.6) is 0 Å². The van der Waals surface area contributed by atoms with Gasteiger partial charge in [-0.3, -0.25) is 4.79 Å². The summed E-state index contributed by atoms with van der Waals surface area (Å²) in [6, 6.07) is 4.19. The van der Waals surface area contributed by atoms with Crippen molar-refractivity contribution >= 4 is 23.2 Å². The molecule has 0 saturated carbocycles. The molecule has 0 aromatic carbocycles. The summed E-state index contributed by atoms with van der Waals surface area (Å²) in [7, 11) is 0. The summed E-state index contributed by atoms with van der Waals surface area (Å²) in [5, 5.41) is 20.9. The van der Waals surface area contributed by atoms with Gasteiger partial charge in [0, 0.05) is 37.2 Å². The number of hydrogen-bond acceptors (Lipinski definition) is 4. The number of carbonyl (C=O) groups excluding carboxylic acids is 1. The van der Waals surface area contributed by atoms with Gasteiger partial charge in [0.25, 0.3) is 0 Å². The number of rotatable bonds is 7. The van der Waals surface area contributed by atoms with Gasteiger partial charge in [-0.25, -0.2) is 4.79 Å². The molecule has 1 saturated heterocycles. The van der Waals surface area contributed by atoms with Gasteiger partial charge in [-0.1, -0.05) is 12.5 Å². The lowest BCUT2D eigenvalue weighted by atomic mass is 9.91. The standard InChI is InChI=1S/C16H23NO4S/c18-14(7-3-1-2-5-13-6-4-12-22-13)17-10-8-16(21,9-11-17)15(19)20/h4,6,12,21H,1-3,5,7-11H2,(H,19,20). The van der Waals surface area contributed by atoms with Gasteiger partial charge in [0.15, 0.2) is 5.60 Å². The van der Waals surface area contributed by atoms with Crippen molar-refractivity contribution in [3.05, 3.63) is 22.4 Å². The highest BCUT2D eigenvalue weighted by atomic mass is 32.1. The highest BCUT2D eigenvalue weighted by Gasteiger charge is 2.40. The van der Waals surface area contributed by atoms with Gasteiger partial charge in [0.05, 0.1) is 0 Å². The lowest BCUT2D eigenvalue weighted by Gasteiger charge is -2.35. The number of carboxylic acids is 1. The van der Waals surface area contributed by atoms with E-state index in [9.17, 15) is 14.7 Å². The van der Waals surface area contributed by atoms with Gasteiger partial charge in [-0.2, -0.15) is 0 Å². The molecular weight excluding hydrogens is 302 g/mol. The highest BCUT2D eigenvalue weighted by molar-refractivity contribution is 7.09. The van der Waals surface area contributed by atoms with Gasteiger partial charge in [-0.15, -0.1) is 11.3 Å². The highest BCUT2D eigenvalue weighted by Crippen LogP contribution is 2.23. The van der Waals surface area contributed by atoms with Gasteiger partial charge in [0.2, 0.25) is 5.91 Å². The first-order valence-corrected chi connectivity index (χ1v) is 8.65. The largest absolute Gasteiger partial charge is 0.479 e. The molecule has 1 amide bonds. The van der Waals surface area contributed by atoms with Crippen LogP contribution in [-0.4, -0.2) is 45.7 Å². The van der Waals surface area contributed by atoms with Crippen molar-refractivity contribution in [2.45, 2.75) is 50.5 Å². The fourth-order valence-corrected chi connectivity index (χ4v) is 3.46. The number of amides is 1. The predicted octanol–water partition coefficient (Wildman–Crippen LogP) is 2.29. The first-order valence-electron chi connectivity index (χ1n) is 7.77. The van der Waals surface area contributed by atoms with Crippen LogP contribution in [0.1, 0.15) is 43.4 Å². The van der Waals surface area contributed by atoms with Crippen LogP contribution in [-0.2, 0) is 16.0 Å². The van der Waals surface area contributed by atoms with Gasteiger partial charge in [-0.05, 0) is 30.7 Å². The Morgan fingerprint density at radius 3 is 2.55 bits per heavy atom. The van der Waals surface area contributed by atoms with E-state index in [1.54, 1.807) is 16.2 Å². The number of thiophene rings is 1. The Morgan fingerprint density at radius 2 is 1.95 bits per heavy atom. The number of nitrogens with zero attached hydrogens (tertiary/aromatic N) is 1. The zero-order chi connectivity index (χ0) is 16.0. The van der Waals surface area contributed by atoms with Gasteiger partial charge >= 0.3 is 5.97 Å². The van der Waals surface area contributed by atoms with Crippen LogP contribution in [0.25, 0.3) is 0 Å². The topological polar surface area (TPSA) is 77.8 Å². The minimum atomic E-state index is -1.66. The number of unbranched alkanes of at least 4 members (excludes halogenated alkanes) is 2. The van der Waals surface area contributed by atoms with Crippen molar-refractivity contribution < 1.29 is 19.8 Å². The summed E-state index contributed by atoms with van der Waals surface area (Å²) in [5.41, 5.74) is -1.66. The zero-order valence-corrected chi connectivity index (χ0v) is 13.5. The first kappa shape index (κ1) is 17.0. The van der Waals surface area contributed by atoms with E-state index in [0.717, 1.165) is 25.7 Å². The Hall–Kier alpha value is -1.40. The molecule has 5 nitrogen and oxygen atoms in total. The van der Waals surface area contributed by atoms with Crippen molar-refractivity contribution in [3.8, 4) is 0 Å². The molecule has 6 heteroatoms. The molecule has 2 heterocycles. The average Bonchev–Trinajstić information content (AvgIpc) is 3.00. The van der Waals surface area contributed by atoms with Crippen LogP contribution < -0.4 is 0 Å². The second kappa shape index (κ2) is 7.74. The second-order valence-corrected chi connectivity index (χ2v) is 6.89. The minimum absolute atomic E-state index is 0.0727. The predicted molar refractivity (Wildman–Crippen MR) is 84.9 cm³/mol. The Morgan fingerprint density at radius 1 is 1.23 bits per heavy atom. The number of aliphatic hydroxyl groups is 1. The number of piperidine rings is 1. The molecule has 1 aromatic rings. The monoisotopic (exact) mass is 325 g/mol. The number of hydrogen-bond donors (Lipinski definition) is 2. The van der Waals surface area contributed by atoms with E-state index in [-0.39, 0.29) is 18.7 Å². The molecule has 1 aromatic heterocycles. The molecule has 2 rings (SSSR count). The SMILES string of the molecule is O=C(CCCCCc1cccs1)N1CCC(O)(C(=O)O)CC1. The van der Waals surface area contributed by atoms with Crippen LogP contribution in [0.15, 0.2) is 17.5 Å². The summed E-state index contributed by atoms with van der Waals surface area (Å²) < 4.78 is 0. The van der Waals surface area contributed by atoms with Crippen LogP contribution in [0, 0.1) is 0 Å². The summed E-state index contributed by atoms with van der Waals surface area (Å²) in [6.07, 6.45) is 4.79. The fraction of sp³-hybridized carbons (Fsp3) is 0.625. The normalized spacial score (nSPS) is 17.4. The van der Waals surface area contributed by atoms with Crippen molar-refractivity contribution in [1.29, 1.82) is 0 Å². The maximum Gasteiger partial charge on any atom is 0.335 e. The van der Waals surface area contributed by atoms with E-state index in [2.05, 4.69) is 17.5 Å². The molecular formula is C16H23NO4S. The summed E-state index contributed by atoms with van der Waals surface area (Å²) in [5.74, 6) is -1.11. The second-order valence-electron chi connectivity index (χ2n) is 5.86. The third-order valence-corrected chi connectivity index (χ3v) is 5.17. The number of likely N-dealkylation sites (tertiary alicyclic amines) is 1. The molecule has 122 valence electrons. The smallest absolute Gasteiger partial charge is 0.335 e. The third-order valence-electron chi connectivity index (χ3n) is 4.24. The number of aliphatic carboxylic acids is 1. The van der Waals surface area contributed by atoms with E-state index in [0.29, 0.717) is 19.5 Å². The van der Waals surface area contributed by atoms with E-state index in [1.807, 2.05) is 0 Å². The van der Waals surface area contributed by atoms with Crippen LogP contribution in [0.3, 0.4) is 0 Å². The fourth-order valence-electron chi connectivity index (χ4n) is 2.71. The summed E-state index contributed by atoms with van der Waals surface area (Å²) >= 11 is 1.77. The lowest BCUT2D eigenvalue weighted by molar-refractivity contribution is -0.165. The Balaban J connectivity index is 1.61. The maximum absolute atomic E-state index is 12.1. The van der Waals surface area contributed by atoms with E-state index < -0.39 is 11.6 Å². The molecule has 1 aliphatic rings. The quantitative estimate of drug-likeness (QED) is 0.754. The first-order chi connectivity index (χ1) is 10.5. The molecule has 0 spiro atoms. The van der Waals surface area contributed by atoms with E-state index in [1.165, 1.54) is 4.88 Å². The van der Waals surface area contributed by atoms with Gasteiger partial charge < -0.3 is 15.1 Å². The molecule has 0 atom stereocenters. The maximum atomic E-state index is 12.1. The van der Waals surface area contributed by atoms with Crippen molar-refractivity contribution in [3.63, 3.8) is 0 Å².